The van der Waals surface area contributed by atoms with Crippen molar-refractivity contribution in [2.45, 2.75) is 13.1 Å². The Balaban J connectivity index is 2.01. The van der Waals surface area contributed by atoms with Gasteiger partial charge in [-0.15, -0.1) is 0 Å². The van der Waals surface area contributed by atoms with E-state index >= 15 is 0 Å². The summed E-state index contributed by atoms with van der Waals surface area (Å²) in [6, 6.07) is 15.2. The van der Waals surface area contributed by atoms with Gasteiger partial charge in [-0.05, 0) is 23.6 Å². The molecule has 0 aliphatic heterocycles. The number of carbonyl (C=O) groups is 1. The highest BCUT2D eigenvalue weighted by molar-refractivity contribution is 6.00. The van der Waals surface area contributed by atoms with Crippen LogP contribution in [0.15, 0.2) is 54.6 Å². The zero-order valence-corrected chi connectivity index (χ0v) is 12.2. The summed E-state index contributed by atoms with van der Waals surface area (Å²) in [7, 11) is 0. The Kier molecular flexibility index (Phi) is 3.64. The molecule has 0 unspecified atom stereocenters. The second-order valence-electron chi connectivity index (χ2n) is 5.30. The van der Waals surface area contributed by atoms with E-state index in [2.05, 4.69) is 4.98 Å². The van der Waals surface area contributed by atoms with Crippen LogP contribution in [0.2, 0.25) is 0 Å². The monoisotopic (exact) mass is 316 g/mol. The highest BCUT2D eigenvalue weighted by Gasteiger charge is 2.39. The number of aromatic amines is 1. The van der Waals surface area contributed by atoms with Gasteiger partial charge in [0.15, 0.2) is 5.69 Å². The third-order valence-corrected chi connectivity index (χ3v) is 3.70. The van der Waals surface area contributed by atoms with Crippen molar-refractivity contribution < 1.29 is 22.9 Å². The highest BCUT2D eigenvalue weighted by Crippen LogP contribution is 2.25. The summed E-state index contributed by atoms with van der Waals surface area (Å²) in [5, 5.41) is 2.12. The van der Waals surface area contributed by atoms with E-state index in [1.54, 1.807) is 0 Å². The maximum Gasteiger partial charge on any atom is 0.454 e. The average Bonchev–Trinajstić information content (AvgIpc) is 2.53. The molecule has 0 fully saturated rings. The molecule has 5 heteroatoms. The number of carbonyl (C=O) groups excluding carboxylic acids is 1. The van der Waals surface area contributed by atoms with E-state index in [0.29, 0.717) is 0 Å². The van der Waals surface area contributed by atoms with E-state index in [1.807, 2.05) is 37.3 Å². The molecule has 0 saturated heterocycles. The van der Waals surface area contributed by atoms with Crippen LogP contribution in [0.3, 0.4) is 0 Å². The molecule has 0 aliphatic rings. The number of hydrogen-bond donors (Lipinski definition) is 0. The first kappa shape index (κ1) is 15.2. The number of rotatable bonds is 2. The molecule has 0 bridgehead atoms. The quantitative estimate of drug-likeness (QED) is 0.646. The second-order valence-corrected chi connectivity index (χ2v) is 5.30. The summed E-state index contributed by atoms with van der Waals surface area (Å²) in [6.07, 6.45) is -4.85. The smallest absolute Gasteiger partial charge is 0.284 e. The third-order valence-electron chi connectivity index (χ3n) is 3.70. The van der Waals surface area contributed by atoms with Gasteiger partial charge in [0.05, 0.1) is 0 Å². The van der Waals surface area contributed by atoms with Crippen molar-refractivity contribution in [2.75, 3.05) is 0 Å². The molecule has 2 aromatic carbocycles. The van der Waals surface area contributed by atoms with Crippen LogP contribution in [0, 0.1) is 6.92 Å². The zero-order chi connectivity index (χ0) is 16.6. The van der Waals surface area contributed by atoms with Gasteiger partial charge in [-0.1, -0.05) is 30.3 Å². The number of hydrogen-bond acceptors (Lipinski definition) is 1. The molecule has 1 N–H and O–H groups in total. The van der Waals surface area contributed by atoms with Gasteiger partial charge in [-0.2, -0.15) is 13.2 Å². The Morgan fingerprint density at radius 1 is 1.00 bits per heavy atom. The lowest BCUT2D eigenvalue weighted by molar-refractivity contribution is -0.372. The maximum atomic E-state index is 12.4. The van der Waals surface area contributed by atoms with Gasteiger partial charge in [0, 0.05) is 29.5 Å². The fourth-order valence-electron chi connectivity index (χ4n) is 2.55. The molecule has 0 atom stereocenters. The first-order valence-electron chi connectivity index (χ1n) is 7.00. The first-order chi connectivity index (χ1) is 10.9. The van der Waals surface area contributed by atoms with Crippen LogP contribution in [0.1, 0.15) is 16.1 Å². The predicted molar refractivity (Wildman–Crippen MR) is 81.1 cm³/mol. The van der Waals surface area contributed by atoms with Crippen LogP contribution in [-0.2, 0) is 0 Å². The van der Waals surface area contributed by atoms with E-state index in [4.69, 9.17) is 0 Å². The minimum atomic E-state index is -4.85. The number of pyridine rings is 1. The molecule has 116 valence electrons. The van der Waals surface area contributed by atoms with Crippen LogP contribution in [0.25, 0.3) is 22.0 Å². The van der Waals surface area contributed by atoms with Crippen molar-refractivity contribution in [3.05, 3.63) is 65.9 Å². The first-order valence-corrected chi connectivity index (χ1v) is 7.00. The second kappa shape index (κ2) is 5.50. The Morgan fingerprint density at radius 3 is 2.30 bits per heavy atom. The summed E-state index contributed by atoms with van der Waals surface area (Å²) >= 11 is 0. The standard InChI is InChI=1S/C18H12F3NO/c1-11-15-5-3-2-4-14(15)10-16(22-11)12-6-8-13(9-7-12)17(23)18(19,20)21/h2-10H,1H3/p+1. The topological polar surface area (TPSA) is 31.2 Å². The molecule has 3 aromatic rings. The number of aryl methyl sites for hydroxylation is 1. The fraction of sp³-hybridized carbons (Fsp3) is 0.111. The van der Waals surface area contributed by atoms with Crippen LogP contribution < -0.4 is 4.98 Å². The largest absolute Gasteiger partial charge is 0.454 e. The van der Waals surface area contributed by atoms with Crippen molar-refractivity contribution >= 4 is 16.6 Å². The molecular weight excluding hydrogens is 303 g/mol. The number of aromatic nitrogens is 1. The normalized spacial score (nSPS) is 11.7. The fourth-order valence-corrected chi connectivity index (χ4v) is 2.55. The number of fused-ring (bicyclic) bond motifs is 1. The van der Waals surface area contributed by atoms with Crippen LogP contribution in [0.4, 0.5) is 13.2 Å². The molecule has 0 aliphatic carbocycles. The van der Waals surface area contributed by atoms with Gasteiger partial charge in [-0.3, -0.25) is 4.79 Å². The lowest BCUT2D eigenvalue weighted by Gasteiger charge is -2.05. The summed E-state index contributed by atoms with van der Waals surface area (Å²) in [6.45, 7) is 1.94. The minimum absolute atomic E-state index is 0.362. The van der Waals surface area contributed by atoms with E-state index in [-0.39, 0.29) is 5.56 Å². The number of nitrogens with one attached hydrogen (secondary N) is 1. The Morgan fingerprint density at radius 2 is 1.65 bits per heavy atom. The SMILES string of the molecule is Cc1[nH+]c(-c2ccc(C(=O)C(F)(F)F)cc2)cc2ccccc12. The molecule has 1 aromatic heterocycles. The molecule has 1 heterocycles. The Hall–Kier alpha value is -2.69. The molecule has 0 saturated carbocycles. The molecule has 23 heavy (non-hydrogen) atoms. The summed E-state index contributed by atoms with van der Waals surface area (Å²) < 4.78 is 37.3. The molecule has 0 radical (unpaired) electrons. The third kappa shape index (κ3) is 2.95. The Bertz CT molecular complexity index is 883. The molecule has 2 nitrogen and oxygen atoms in total. The summed E-state index contributed by atoms with van der Waals surface area (Å²) in [5.41, 5.74) is 2.11. The van der Waals surface area contributed by atoms with E-state index in [1.165, 1.54) is 24.3 Å². The van der Waals surface area contributed by atoms with Gasteiger partial charge in [-0.25, -0.2) is 4.98 Å². The van der Waals surface area contributed by atoms with Gasteiger partial charge < -0.3 is 0 Å². The van der Waals surface area contributed by atoms with Crippen molar-refractivity contribution in [2.24, 2.45) is 0 Å². The maximum absolute atomic E-state index is 12.4. The zero-order valence-electron chi connectivity index (χ0n) is 12.2. The lowest BCUT2D eigenvalue weighted by Crippen LogP contribution is -2.22. The number of ketones is 1. The highest BCUT2D eigenvalue weighted by atomic mass is 19.4. The van der Waals surface area contributed by atoms with Gasteiger partial charge in [0.1, 0.15) is 0 Å². The van der Waals surface area contributed by atoms with Gasteiger partial charge in [0.25, 0.3) is 5.78 Å². The van der Waals surface area contributed by atoms with E-state index in [0.717, 1.165) is 27.7 Å². The summed E-state index contributed by atoms with van der Waals surface area (Å²) in [5.74, 6) is -1.83. The average molecular weight is 316 g/mol. The predicted octanol–water partition coefficient (Wildman–Crippen LogP) is 4.37. The minimum Gasteiger partial charge on any atom is -0.284 e. The van der Waals surface area contributed by atoms with Crippen molar-refractivity contribution in [1.29, 1.82) is 0 Å². The molecular formula is C18H13F3NO+. The Labute approximate surface area is 130 Å². The number of H-pyrrole nitrogens is 1. The summed E-state index contributed by atoms with van der Waals surface area (Å²) in [4.78, 5) is 14.4. The molecule has 0 amide bonds. The van der Waals surface area contributed by atoms with Crippen LogP contribution in [0.5, 0.6) is 0 Å². The number of halogens is 3. The number of benzene rings is 2. The molecule has 3 rings (SSSR count). The van der Waals surface area contributed by atoms with Gasteiger partial charge >= 0.3 is 6.18 Å². The van der Waals surface area contributed by atoms with E-state index < -0.39 is 12.0 Å². The number of Topliss-reactive ketones (excluding diaryl/α,β-unsaturated/α-hetero) is 1. The lowest BCUT2D eigenvalue weighted by atomic mass is 10.0. The van der Waals surface area contributed by atoms with E-state index in [9.17, 15) is 18.0 Å². The van der Waals surface area contributed by atoms with Crippen LogP contribution in [-0.4, -0.2) is 12.0 Å². The van der Waals surface area contributed by atoms with Crippen molar-refractivity contribution in [1.82, 2.24) is 0 Å². The van der Waals surface area contributed by atoms with Crippen LogP contribution >= 0.6 is 0 Å². The number of alkyl halides is 3. The molecule has 0 spiro atoms. The van der Waals surface area contributed by atoms with Gasteiger partial charge in [0.2, 0.25) is 5.69 Å². The van der Waals surface area contributed by atoms with Crippen molar-refractivity contribution in [3.63, 3.8) is 0 Å². The van der Waals surface area contributed by atoms with Crippen molar-refractivity contribution in [3.8, 4) is 11.3 Å².